The van der Waals surface area contributed by atoms with E-state index in [-0.39, 0.29) is 90.5 Å². The maximum absolute atomic E-state index is 13.4. The number of carboxylic acid groups (broad SMARTS) is 2. The first kappa shape index (κ1) is 89.1. The summed E-state index contributed by atoms with van der Waals surface area (Å²) in [5, 5.41) is 43.6. The van der Waals surface area contributed by atoms with E-state index < -0.39 is 94.3 Å². The first-order valence-corrected chi connectivity index (χ1v) is 35.5. The molecule has 0 aliphatic carbocycles. The summed E-state index contributed by atoms with van der Waals surface area (Å²) >= 11 is 12.2. The molecule has 39 heteroatoms. The van der Waals surface area contributed by atoms with Crippen molar-refractivity contribution in [2.24, 2.45) is 0 Å². The molecule has 0 saturated carbocycles. The fraction of sp³-hybridized carbons (Fsp3) is 0.339. The zero-order chi connectivity index (χ0) is 74.6. The van der Waals surface area contributed by atoms with Gasteiger partial charge in [0.1, 0.15) is 11.5 Å². The Bertz CT molecular complexity index is 4130. The number of carbonyl (C=O) groups is 13. The molecule has 7 N–H and O–H groups in total. The second-order valence-electron chi connectivity index (χ2n) is 20.5. The first-order chi connectivity index (χ1) is 47.3. The van der Waals surface area contributed by atoms with Gasteiger partial charge in [0.15, 0.2) is 5.12 Å². The van der Waals surface area contributed by atoms with Crippen molar-refractivity contribution in [1.29, 1.82) is 0 Å². The predicted octanol–water partition coefficient (Wildman–Crippen LogP) is 0.599. The monoisotopic (exact) mass is 1660 g/mol. The van der Waals surface area contributed by atoms with E-state index in [9.17, 15) is 72.5 Å². The summed E-state index contributed by atoms with van der Waals surface area (Å²) in [4.78, 5) is 154. The summed E-state index contributed by atoms with van der Waals surface area (Å²) in [5.74, 6) is -6.77. The third-order valence-corrected chi connectivity index (χ3v) is 14.8. The summed E-state index contributed by atoms with van der Waals surface area (Å²) in [7, 11) is 0. The van der Waals surface area contributed by atoms with Crippen molar-refractivity contribution in [3.05, 3.63) is 145 Å². The Morgan fingerprint density at radius 3 is 1.28 bits per heavy atom. The van der Waals surface area contributed by atoms with E-state index in [0.717, 1.165) is 30.6 Å². The molecule has 0 bridgehead atoms. The van der Waals surface area contributed by atoms with Crippen LogP contribution in [0.4, 0.5) is 0 Å². The quantitative estimate of drug-likeness (QED) is 0.0168. The van der Waals surface area contributed by atoms with Crippen molar-refractivity contribution < 1.29 is 164 Å². The average Bonchev–Trinajstić information content (AvgIpc) is 1.62. The number of hydrogen-bond donors (Lipinski definition) is 7. The van der Waals surface area contributed by atoms with Crippen LogP contribution in [0.5, 0.6) is 11.5 Å². The Balaban J connectivity index is 0.000000624. The summed E-state index contributed by atoms with van der Waals surface area (Å²) < 4.78 is 57.4. The van der Waals surface area contributed by atoms with Crippen LogP contribution in [0.3, 0.4) is 0 Å². The van der Waals surface area contributed by atoms with Gasteiger partial charge < -0.3 is 89.2 Å². The SMILES string of the molecule is CC(=O)SCC(=O)NCC(=O)NCC(=O)NCC(=O)NCCCCOc1ccc2c(c1)c(CC(=O)O)c(C)n2C(=O)c1ccc(Cl)cc1.Cc1c(CC(=O)O)c2cc(OCCCCNC(=O)C[N-]C(=O)C[N-]C(=O)C[N-]C(=O)C[S-])ccc2n1C(=O)c1ccc(Cl)cc1.[Na+].[O]=[99Tc+4].[O]=[Tc](=[O])(=[O])[O-]. The van der Waals surface area contributed by atoms with Gasteiger partial charge in [-0.25, -0.2) is 0 Å². The molecule has 0 atom stereocenters. The van der Waals surface area contributed by atoms with Crippen molar-refractivity contribution in [3.8, 4) is 11.5 Å². The van der Waals surface area contributed by atoms with Gasteiger partial charge in [0.25, 0.3) is 11.8 Å². The Morgan fingerprint density at radius 2 is 0.901 bits per heavy atom. The van der Waals surface area contributed by atoms with Crippen LogP contribution >= 0.6 is 35.0 Å². The van der Waals surface area contributed by atoms with E-state index >= 15 is 0 Å². The van der Waals surface area contributed by atoms with Crippen molar-refractivity contribution in [3.63, 3.8) is 0 Å². The van der Waals surface area contributed by atoms with Crippen LogP contribution in [0, 0.1) is 13.8 Å². The van der Waals surface area contributed by atoms with Crippen LogP contribution in [0.1, 0.15) is 75.8 Å². The molecule has 0 spiro atoms. The third kappa shape index (κ3) is 33.6. The molecule has 0 aliphatic heterocycles. The van der Waals surface area contributed by atoms with Gasteiger partial charge in [-0.2, -0.15) is 0 Å². The molecule has 4 aromatic carbocycles. The van der Waals surface area contributed by atoms with Crippen LogP contribution < -0.4 is 69.5 Å². The van der Waals surface area contributed by atoms with E-state index in [1.165, 1.54) is 16.1 Å². The number of aliphatic carboxylic acids is 2. The number of thioether (sulfide) groups is 1. The van der Waals surface area contributed by atoms with E-state index in [0.29, 0.717) is 129 Å². The molecule has 0 fully saturated rings. The van der Waals surface area contributed by atoms with Gasteiger partial charge in [-0.3, -0.25) is 57.1 Å². The summed E-state index contributed by atoms with van der Waals surface area (Å²) in [5.41, 5.74) is 3.97. The molecule has 101 heavy (non-hydrogen) atoms. The molecule has 6 aromatic rings. The minimum atomic E-state index is -5.94. The van der Waals surface area contributed by atoms with Gasteiger partial charge in [0.2, 0.25) is 29.5 Å². The summed E-state index contributed by atoms with van der Waals surface area (Å²) in [6.45, 7) is 3.50. The second-order valence-corrected chi connectivity index (χ2v) is 24.7. The normalized spacial score (nSPS) is 10.4. The standard InChI is InChI=1S/C32H36ClN5O9S.C30H34ClN5O8S.Na.5O.2Tc/c1-19-24(14-31(44)45)25-13-23(9-10-26(25)38(19)32(46)21-5-7-22(33)8-6-21)47-12-4-3-11-34-27(40)15-35-28(41)16-36-29(42)17-37-30(43)18-48-20(2)39;1-18-22(13-29(41)42)23-12-21(8-9-24(23)36(18)30(43)19-4-6-20(31)7-5-19)44-11-3-2-10-32-25(37)14-33-26(38)15-34-27(39)16-35-28(40)17-45;;;;;;;;/h5-10,13H,3-4,11-12,14-18H2,1-2H3,(H,34,40)(H,35,41)(H,36,42)(H,37,43)(H,44,45);4-9,12H,2-3,10-11,13-17H2,1H3,(H6,32,33,34,35,37,38,39,40,41,42,45);;;;;;;;/q;;+1;;;;;-1;+4;/p-4/i;;;;;;;;1+1;. The zero-order valence-electron chi connectivity index (χ0n) is 54.4. The number of unbranched alkanes of at least 4 members (excludes halogenated alkanes) is 2. The maximum atomic E-state index is 13.4. The molecule has 2 aromatic heterocycles. The van der Waals surface area contributed by atoms with Crippen LogP contribution in [-0.4, -0.2) is 173 Å². The molecule has 0 saturated heterocycles. The van der Waals surface area contributed by atoms with Crippen molar-refractivity contribution in [2.45, 2.75) is 59.3 Å². The number of carboxylic acids is 2. The number of halogens is 2. The summed E-state index contributed by atoms with van der Waals surface area (Å²) in [6, 6.07) is 23.1. The molecule has 0 unspecified atom stereocenters. The van der Waals surface area contributed by atoms with Crippen LogP contribution in [0.15, 0.2) is 84.9 Å². The molecule has 2 heterocycles. The van der Waals surface area contributed by atoms with Crippen molar-refractivity contribution in [1.82, 2.24) is 35.7 Å². The van der Waals surface area contributed by atoms with Gasteiger partial charge in [-0.15, -0.1) is 5.75 Å². The molecular formula is C62H66Cl2N10NaO22S2Tc2. The van der Waals surface area contributed by atoms with E-state index in [1.54, 1.807) is 98.8 Å². The minimum absolute atomic E-state index is 0. The molecule has 0 radical (unpaired) electrons. The zero-order valence-corrected chi connectivity index (χ0v) is 63.3. The number of benzene rings is 4. The van der Waals surface area contributed by atoms with Gasteiger partial charge in [-0.1, -0.05) is 48.1 Å². The molecule has 32 nitrogen and oxygen atoms in total. The van der Waals surface area contributed by atoms with Crippen molar-refractivity contribution in [2.75, 3.05) is 77.1 Å². The summed E-state index contributed by atoms with van der Waals surface area (Å²) in [6.07, 6.45) is 1.75. The fourth-order valence-corrected chi connectivity index (χ4v) is 9.50. The predicted molar refractivity (Wildman–Crippen MR) is 351 cm³/mol. The molecule has 0 aliphatic rings. The topological polar surface area (TPSA) is 484 Å². The average molecular weight is 1660 g/mol. The van der Waals surface area contributed by atoms with Gasteiger partial charge in [-0.05, 0) is 142 Å². The van der Waals surface area contributed by atoms with Gasteiger partial charge in [0, 0.05) is 81.1 Å². The van der Waals surface area contributed by atoms with Crippen LogP contribution in [-0.2, 0) is 127 Å². The van der Waals surface area contributed by atoms with Crippen molar-refractivity contribution >= 4 is 146 Å². The molecule has 8 amide bonds. The number of aromatic nitrogens is 2. The number of hydrogen-bond acceptors (Lipinski definition) is 22. The number of carbonyl (C=O) groups excluding carboxylic acids is 11. The van der Waals surface area contributed by atoms with Crippen LogP contribution in [0.25, 0.3) is 37.8 Å². The Morgan fingerprint density at radius 1 is 0.545 bits per heavy atom. The van der Waals surface area contributed by atoms with Gasteiger partial charge >= 0.3 is 93.8 Å². The number of nitrogens with zero attached hydrogens (tertiary/aromatic N) is 5. The Hall–Kier alpha value is -7.99. The number of rotatable bonds is 33. The third-order valence-electron chi connectivity index (χ3n) is 13.2. The fourth-order valence-electron chi connectivity index (χ4n) is 8.72. The Kier molecular flexibility index (Phi) is 41.0. The molecule has 537 valence electrons. The van der Waals surface area contributed by atoms with E-state index in [4.69, 9.17) is 50.6 Å². The second kappa shape index (κ2) is 46.5. The van der Waals surface area contributed by atoms with E-state index in [1.807, 2.05) is 0 Å². The number of ether oxygens (including phenoxy) is 2. The number of amides is 8. The number of fused-ring (bicyclic) bond motifs is 2. The first-order valence-electron chi connectivity index (χ1n) is 29.4. The number of nitrogens with one attached hydrogen (secondary N) is 5. The molecule has 6 rings (SSSR count). The van der Waals surface area contributed by atoms with Gasteiger partial charge in [0.05, 0.1) is 62.5 Å². The van der Waals surface area contributed by atoms with E-state index in [2.05, 4.69) is 55.2 Å². The Labute approximate surface area is 632 Å². The molecular weight excluding hydrogens is 1590 g/mol. The van der Waals surface area contributed by atoms with Crippen LogP contribution in [0.2, 0.25) is 10.0 Å².